The van der Waals surface area contributed by atoms with Crippen LogP contribution in [0.2, 0.25) is 0 Å². The topological polar surface area (TPSA) is 50.4 Å². The molecule has 0 amide bonds. The molecule has 3 aliphatic rings. The lowest BCUT2D eigenvalue weighted by atomic mass is 9.82. The molecule has 0 radical (unpaired) electrons. The molecular formula is C127H87N7. The van der Waals surface area contributed by atoms with Crippen LogP contribution in [0.15, 0.2) is 419 Å². The molecule has 0 spiro atoms. The molecule has 0 atom stereocenters. The average molecular weight is 1710 g/mol. The van der Waals surface area contributed by atoms with E-state index in [1.54, 1.807) is 0 Å². The molecule has 0 unspecified atom stereocenters. The van der Waals surface area contributed by atoms with Gasteiger partial charge >= 0.3 is 0 Å². The summed E-state index contributed by atoms with van der Waals surface area (Å²) in [6.07, 6.45) is 0. The fraction of sp³-hybridized carbons (Fsp3) is 0.0709. The lowest BCUT2D eigenvalue weighted by Gasteiger charge is -2.22. The van der Waals surface area contributed by atoms with Crippen molar-refractivity contribution in [1.82, 2.24) is 32.8 Å². The van der Waals surface area contributed by atoms with Crippen molar-refractivity contribution in [2.75, 3.05) is 0 Å². The number of nitrogens with zero attached hydrogens (tertiary/aromatic N) is 7. The number of rotatable bonds is 11. The number of para-hydroxylation sites is 4. The molecule has 28 rings (SSSR count). The third-order valence-electron chi connectivity index (χ3n) is 30.5. The summed E-state index contributed by atoms with van der Waals surface area (Å²) in [5, 5.41) is 12.1. The van der Waals surface area contributed by atoms with Crippen LogP contribution in [-0.2, 0) is 16.2 Å². The Balaban J connectivity index is 0.549. The second-order valence-electron chi connectivity index (χ2n) is 38.8. The number of benzene rings is 19. The van der Waals surface area contributed by atoms with E-state index >= 15 is 0 Å². The smallest absolute Gasteiger partial charge is 0.160 e. The average Bonchev–Trinajstić information content (AvgIpc) is 1.57. The largest absolute Gasteiger partial charge is 0.309 e. The maximum Gasteiger partial charge on any atom is 0.160 e. The van der Waals surface area contributed by atoms with Gasteiger partial charge in [0.25, 0.3) is 0 Å². The molecule has 19 aromatic carbocycles. The molecule has 3 aliphatic carbocycles. The van der Waals surface area contributed by atoms with E-state index in [9.17, 15) is 0 Å². The number of hydrogen-bond acceptors (Lipinski definition) is 2. The molecule has 25 aromatic rings. The van der Waals surface area contributed by atoms with Crippen molar-refractivity contribution in [1.29, 1.82) is 0 Å². The minimum atomic E-state index is -0.135. The summed E-state index contributed by atoms with van der Waals surface area (Å²) < 4.78 is 12.3. The van der Waals surface area contributed by atoms with E-state index in [1.807, 2.05) is 0 Å². The van der Waals surface area contributed by atoms with Gasteiger partial charge < -0.3 is 22.8 Å². The van der Waals surface area contributed by atoms with Crippen LogP contribution in [0.5, 0.6) is 0 Å². The van der Waals surface area contributed by atoms with Crippen LogP contribution in [-0.4, -0.2) is 32.8 Å². The second-order valence-corrected chi connectivity index (χ2v) is 38.8. The summed E-state index contributed by atoms with van der Waals surface area (Å²) in [6.45, 7) is 14.2. The Morgan fingerprint density at radius 1 is 0.157 bits per heavy atom. The zero-order chi connectivity index (χ0) is 88.9. The van der Waals surface area contributed by atoms with Crippen molar-refractivity contribution >= 4 is 109 Å². The molecule has 7 heteroatoms. The first-order valence-electron chi connectivity index (χ1n) is 46.8. The maximum absolute atomic E-state index is 5.50. The van der Waals surface area contributed by atoms with E-state index in [1.165, 1.54) is 171 Å². The van der Waals surface area contributed by atoms with Gasteiger partial charge in [0.15, 0.2) is 5.82 Å². The highest BCUT2D eigenvalue weighted by molar-refractivity contribution is 6.17. The molecule has 0 bridgehead atoms. The van der Waals surface area contributed by atoms with Crippen LogP contribution in [0.1, 0.15) is 74.9 Å². The van der Waals surface area contributed by atoms with Gasteiger partial charge in [0.05, 0.1) is 66.6 Å². The van der Waals surface area contributed by atoms with Crippen molar-refractivity contribution in [3.63, 3.8) is 0 Å². The lowest BCUT2D eigenvalue weighted by molar-refractivity contribution is 0.660. The van der Waals surface area contributed by atoms with Gasteiger partial charge in [-0.3, -0.25) is 0 Å². The summed E-state index contributed by atoms with van der Waals surface area (Å²) in [5.41, 5.74) is 44.6. The fourth-order valence-electron chi connectivity index (χ4n) is 23.9. The lowest BCUT2D eigenvalue weighted by Crippen LogP contribution is -2.15. The highest BCUT2D eigenvalue weighted by atomic mass is 15.0. The molecule has 0 N–H and O–H groups in total. The molecule has 6 aromatic heterocycles. The van der Waals surface area contributed by atoms with E-state index in [0.717, 1.165) is 94.5 Å². The predicted octanol–water partition coefficient (Wildman–Crippen LogP) is 32.9. The highest BCUT2D eigenvalue weighted by Gasteiger charge is 2.39. The number of aromatic nitrogens is 7. The molecule has 0 saturated heterocycles. The summed E-state index contributed by atoms with van der Waals surface area (Å²) in [6, 6.07) is 157. The van der Waals surface area contributed by atoms with Gasteiger partial charge in [-0.25, -0.2) is 9.97 Å². The molecule has 6 heterocycles. The maximum atomic E-state index is 5.50. The molecule has 0 aliphatic heterocycles. The van der Waals surface area contributed by atoms with Crippen LogP contribution < -0.4 is 0 Å². The quantitative estimate of drug-likeness (QED) is 0.130. The molecular weight excluding hydrogens is 1620 g/mol. The molecule has 0 fully saturated rings. The van der Waals surface area contributed by atoms with E-state index in [-0.39, 0.29) is 16.2 Å². The summed E-state index contributed by atoms with van der Waals surface area (Å²) in [5.74, 6) is 0.658. The Kier molecular flexibility index (Phi) is 16.0. The van der Waals surface area contributed by atoms with Crippen LogP contribution in [0.25, 0.3) is 238 Å². The number of fused-ring (bicyclic) bond motifs is 24. The predicted molar refractivity (Wildman–Crippen MR) is 559 cm³/mol. The van der Waals surface area contributed by atoms with Crippen LogP contribution in [0.4, 0.5) is 0 Å². The Morgan fingerprint density at radius 3 is 0.761 bits per heavy atom. The van der Waals surface area contributed by atoms with Gasteiger partial charge in [-0.2, -0.15) is 0 Å². The van der Waals surface area contributed by atoms with E-state index < -0.39 is 0 Å². The Bertz CT molecular complexity index is 9130. The van der Waals surface area contributed by atoms with Gasteiger partial charge in [-0.15, -0.1) is 0 Å². The van der Waals surface area contributed by atoms with Gasteiger partial charge in [-0.1, -0.05) is 296 Å². The minimum absolute atomic E-state index is 0.109. The first-order chi connectivity index (χ1) is 65.7. The molecule has 134 heavy (non-hydrogen) atoms. The van der Waals surface area contributed by atoms with Crippen molar-refractivity contribution in [3.05, 3.63) is 452 Å². The third-order valence-corrected chi connectivity index (χ3v) is 30.5. The Morgan fingerprint density at radius 2 is 0.410 bits per heavy atom. The van der Waals surface area contributed by atoms with Crippen LogP contribution in [0.3, 0.4) is 0 Å². The highest BCUT2D eigenvalue weighted by Crippen LogP contribution is 2.55. The van der Waals surface area contributed by atoms with Gasteiger partial charge in [-0.05, 0) is 264 Å². The van der Waals surface area contributed by atoms with Gasteiger partial charge in [0.2, 0.25) is 0 Å². The van der Waals surface area contributed by atoms with Crippen molar-refractivity contribution in [3.8, 4) is 129 Å². The van der Waals surface area contributed by atoms with Gasteiger partial charge in [0, 0.05) is 115 Å². The Hall–Kier alpha value is -16.7. The third kappa shape index (κ3) is 11.0. The Labute approximate surface area is 775 Å². The summed E-state index contributed by atoms with van der Waals surface area (Å²) in [4.78, 5) is 10.9. The monoisotopic (exact) mass is 1710 g/mol. The van der Waals surface area contributed by atoms with Crippen molar-refractivity contribution in [2.24, 2.45) is 0 Å². The van der Waals surface area contributed by atoms with E-state index in [2.05, 4.69) is 483 Å². The first-order valence-corrected chi connectivity index (χ1v) is 46.8. The molecule has 0 saturated carbocycles. The van der Waals surface area contributed by atoms with Crippen LogP contribution in [0, 0.1) is 0 Å². The van der Waals surface area contributed by atoms with Crippen molar-refractivity contribution in [2.45, 2.75) is 57.8 Å². The molecule has 630 valence electrons. The fourth-order valence-corrected chi connectivity index (χ4v) is 23.9. The normalized spacial score (nSPS) is 13.8. The van der Waals surface area contributed by atoms with Crippen LogP contribution >= 0.6 is 0 Å². The van der Waals surface area contributed by atoms with E-state index in [4.69, 9.17) is 9.97 Å². The van der Waals surface area contributed by atoms with Gasteiger partial charge in [0.1, 0.15) is 0 Å². The van der Waals surface area contributed by atoms with Crippen molar-refractivity contribution < 1.29 is 0 Å². The standard InChI is InChI=1S/C127H87N7/c1-125(2)106-36-17-10-29-90(106)93-56-53-87(72-109(93)125)132-115-40-21-14-33-97(115)101-67-79(46-60-119(101)132)78-45-59-118-100(66-78)96-32-13-20-39-114(96)130(118)85-51-43-76(44-52-85)112-75-113(129-124(128-112)77-25-8-7-9-26-77)84-27-24-28-86(65-84)131-122-63-49-82(80-47-61-120-102(68-80)98-34-15-22-41-116(98)133(120)88-54-57-94-91-30-11-18-37-107(91)126(3,4)110(94)73-88)70-104(122)105-71-83(50-64-123(105)131)81-48-62-121-103(69-81)99-35-16-23-42-117(99)134(121)89-55-58-95-92-31-12-19-38-108(92)127(5,6)111(95)74-89/h7-75H,1-6H3. The second kappa shape index (κ2) is 28.1. The summed E-state index contributed by atoms with van der Waals surface area (Å²) >= 11 is 0. The molecule has 7 nitrogen and oxygen atoms in total. The summed E-state index contributed by atoms with van der Waals surface area (Å²) in [7, 11) is 0. The van der Waals surface area contributed by atoms with E-state index in [0.29, 0.717) is 5.82 Å². The SMILES string of the molecule is CC1(C)c2ccccc2-c2ccc(-n3c4ccccc4c4cc(-c5ccc6c(c5)c5ccccc5n6-c5ccc(-c6cc(-c7cccc(-n8c9ccc(-c%10ccc%11c(c%10)c%10ccccc%10n%11-c%10ccc%11c(c%10)C(C)(C)c%10ccccc%10-%11)cc9c9cc(-c%10ccc%11c(c%10)c%10ccccc%10n%11-c%10ccc%11c(c%10)C(C)(C)c%10ccccc%10-%11)ccc98)c7)nc(-c7ccccc7)n6)cc5)ccc43)cc21. The number of hydrogen-bond donors (Lipinski definition) is 0. The zero-order valence-electron chi connectivity index (χ0n) is 75.0. The first kappa shape index (κ1) is 76.2. The minimum Gasteiger partial charge on any atom is -0.309 e. The zero-order valence-corrected chi connectivity index (χ0v) is 75.0.